The van der Waals surface area contributed by atoms with Gasteiger partial charge in [-0.2, -0.15) is 0 Å². The number of hydrogen-bond acceptors (Lipinski definition) is 1. The second-order valence-electron chi connectivity index (χ2n) is 5.77. The molecule has 0 aromatic heterocycles. The van der Waals surface area contributed by atoms with Crippen molar-refractivity contribution in [2.45, 2.75) is 50.3 Å². The third kappa shape index (κ3) is 3.41. The molecule has 0 bridgehead atoms. The monoisotopic (exact) mass is 324 g/mol. The number of ether oxygens (including phenoxy) is 1. The van der Waals surface area contributed by atoms with E-state index in [0.29, 0.717) is 10.2 Å². The van der Waals surface area contributed by atoms with Gasteiger partial charge in [0.2, 0.25) is 0 Å². The molecule has 2 heteroatoms. The summed E-state index contributed by atoms with van der Waals surface area (Å²) in [6.07, 6.45) is 7.79. The van der Waals surface area contributed by atoms with Crippen molar-refractivity contribution < 1.29 is 4.74 Å². The maximum Gasteiger partial charge on any atom is 0.0502 e. The first kappa shape index (κ1) is 15.1. The predicted molar refractivity (Wildman–Crippen MR) is 84.9 cm³/mol. The molecular formula is C17H25BrO. The van der Waals surface area contributed by atoms with Crippen LogP contribution in [0.3, 0.4) is 0 Å². The van der Waals surface area contributed by atoms with Gasteiger partial charge in [0, 0.05) is 11.9 Å². The van der Waals surface area contributed by atoms with E-state index in [2.05, 4.69) is 47.1 Å². The van der Waals surface area contributed by atoms with Gasteiger partial charge in [-0.15, -0.1) is 0 Å². The van der Waals surface area contributed by atoms with Crippen molar-refractivity contribution in [3.63, 3.8) is 0 Å². The Bertz CT molecular complexity index is 379. The first-order valence-corrected chi connectivity index (χ1v) is 8.35. The molecule has 1 fully saturated rings. The molecular weight excluding hydrogens is 300 g/mol. The van der Waals surface area contributed by atoms with Gasteiger partial charge in [0.15, 0.2) is 0 Å². The lowest BCUT2D eigenvalue weighted by Gasteiger charge is -2.33. The molecule has 0 aliphatic heterocycles. The van der Waals surface area contributed by atoms with Crippen LogP contribution in [0.15, 0.2) is 24.3 Å². The minimum absolute atomic E-state index is 0.480. The zero-order chi connectivity index (χ0) is 13.7. The van der Waals surface area contributed by atoms with E-state index in [1.54, 1.807) is 7.11 Å². The third-order valence-corrected chi connectivity index (χ3v) is 6.21. The van der Waals surface area contributed by atoms with Gasteiger partial charge in [-0.05, 0) is 42.2 Å². The van der Waals surface area contributed by atoms with Crippen molar-refractivity contribution in [1.82, 2.24) is 0 Å². The topological polar surface area (TPSA) is 9.23 Å². The second-order valence-corrected chi connectivity index (χ2v) is 6.69. The smallest absolute Gasteiger partial charge is 0.0502 e. The Hall–Kier alpha value is -0.340. The van der Waals surface area contributed by atoms with Gasteiger partial charge in [-0.25, -0.2) is 0 Å². The molecule has 1 aliphatic rings. The van der Waals surface area contributed by atoms with E-state index in [1.165, 1.54) is 43.2 Å². The van der Waals surface area contributed by atoms with E-state index in [0.717, 1.165) is 13.0 Å². The van der Waals surface area contributed by atoms with Crippen LogP contribution in [0.25, 0.3) is 0 Å². The van der Waals surface area contributed by atoms with E-state index in [9.17, 15) is 0 Å². The molecule has 1 unspecified atom stereocenters. The van der Waals surface area contributed by atoms with E-state index >= 15 is 0 Å². The van der Waals surface area contributed by atoms with Crippen LogP contribution in [-0.4, -0.2) is 13.7 Å². The quantitative estimate of drug-likeness (QED) is 0.646. The number of benzene rings is 1. The van der Waals surface area contributed by atoms with Crippen molar-refractivity contribution in [2.75, 3.05) is 13.7 Å². The van der Waals surface area contributed by atoms with E-state index in [1.807, 2.05) is 0 Å². The Labute approximate surface area is 125 Å². The van der Waals surface area contributed by atoms with Crippen LogP contribution >= 0.6 is 15.9 Å². The maximum absolute atomic E-state index is 5.13. The molecule has 1 nitrogen and oxygen atoms in total. The molecule has 0 heterocycles. The molecule has 106 valence electrons. The normalized spacial score (nSPS) is 19.5. The minimum Gasteiger partial charge on any atom is -0.384 e. The summed E-state index contributed by atoms with van der Waals surface area (Å²) >= 11 is 3.98. The van der Waals surface area contributed by atoms with E-state index < -0.39 is 0 Å². The molecule has 1 aromatic carbocycles. The molecule has 0 N–H and O–H groups in total. The third-order valence-electron chi connectivity index (χ3n) is 4.71. The van der Waals surface area contributed by atoms with Crippen LogP contribution in [-0.2, 0) is 11.2 Å². The minimum atomic E-state index is 0.480. The van der Waals surface area contributed by atoms with Gasteiger partial charge in [-0.1, -0.05) is 60.0 Å². The number of methoxy groups -OCH3 is 1. The van der Waals surface area contributed by atoms with Gasteiger partial charge in [0.05, 0.1) is 6.61 Å². The molecule has 1 saturated carbocycles. The standard InChI is InChI=1S/C17H25BrO/c1-3-17(11-4-5-12-17)16(18)15-8-6-14(7-9-15)10-13-19-2/h6-9,16H,3-5,10-13H2,1-2H3. The lowest BCUT2D eigenvalue weighted by molar-refractivity contribution is 0.202. The van der Waals surface area contributed by atoms with E-state index in [4.69, 9.17) is 4.74 Å². The Balaban J connectivity index is 2.08. The molecule has 2 rings (SSSR count). The van der Waals surface area contributed by atoms with Crippen molar-refractivity contribution in [1.29, 1.82) is 0 Å². The van der Waals surface area contributed by atoms with Crippen LogP contribution in [0.5, 0.6) is 0 Å². The fourth-order valence-electron chi connectivity index (χ4n) is 3.29. The Morgan fingerprint density at radius 3 is 2.37 bits per heavy atom. The van der Waals surface area contributed by atoms with Gasteiger partial charge < -0.3 is 4.74 Å². The van der Waals surface area contributed by atoms with Crippen molar-refractivity contribution in [3.8, 4) is 0 Å². The Morgan fingerprint density at radius 2 is 1.84 bits per heavy atom. The van der Waals surface area contributed by atoms with Crippen molar-refractivity contribution in [2.24, 2.45) is 5.41 Å². The second kappa shape index (κ2) is 6.90. The van der Waals surface area contributed by atoms with Crippen molar-refractivity contribution in [3.05, 3.63) is 35.4 Å². The van der Waals surface area contributed by atoms with Gasteiger partial charge >= 0.3 is 0 Å². The summed E-state index contributed by atoms with van der Waals surface area (Å²) in [5.74, 6) is 0. The summed E-state index contributed by atoms with van der Waals surface area (Å²) in [4.78, 5) is 0.504. The molecule has 1 atom stereocenters. The highest BCUT2D eigenvalue weighted by Gasteiger charge is 2.38. The first-order valence-electron chi connectivity index (χ1n) is 7.44. The van der Waals surface area contributed by atoms with Gasteiger partial charge in [0.1, 0.15) is 0 Å². The van der Waals surface area contributed by atoms with Crippen LogP contribution in [0.4, 0.5) is 0 Å². The Kier molecular flexibility index (Phi) is 5.47. The number of hydrogen-bond donors (Lipinski definition) is 0. The lowest BCUT2D eigenvalue weighted by atomic mass is 9.77. The predicted octanol–water partition coefficient (Wildman–Crippen LogP) is 5.28. The number of alkyl halides is 1. The molecule has 0 amide bonds. The fraction of sp³-hybridized carbons (Fsp3) is 0.647. The molecule has 0 radical (unpaired) electrons. The Morgan fingerprint density at radius 1 is 1.21 bits per heavy atom. The summed E-state index contributed by atoms with van der Waals surface area (Å²) in [5, 5.41) is 0. The zero-order valence-electron chi connectivity index (χ0n) is 12.1. The highest BCUT2D eigenvalue weighted by Crippen LogP contribution is 2.53. The zero-order valence-corrected chi connectivity index (χ0v) is 13.7. The highest BCUT2D eigenvalue weighted by molar-refractivity contribution is 9.09. The summed E-state index contributed by atoms with van der Waals surface area (Å²) < 4.78 is 5.13. The van der Waals surface area contributed by atoms with E-state index in [-0.39, 0.29) is 0 Å². The van der Waals surface area contributed by atoms with Crippen LogP contribution in [0.2, 0.25) is 0 Å². The van der Waals surface area contributed by atoms with Gasteiger partial charge in [-0.3, -0.25) is 0 Å². The average Bonchev–Trinajstić information content (AvgIpc) is 2.95. The SMILES string of the molecule is CCC1(C(Br)c2ccc(CCOC)cc2)CCCC1. The summed E-state index contributed by atoms with van der Waals surface area (Å²) in [7, 11) is 1.76. The summed E-state index contributed by atoms with van der Waals surface area (Å²) in [5.41, 5.74) is 3.28. The number of halogens is 1. The maximum atomic E-state index is 5.13. The molecule has 1 aromatic rings. The van der Waals surface area contributed by atoms with Crippen LogP contribution in [0, 0.1) is 5.41 Å². The van der Waals surface area contributed by atoms with Crippen LogP contribution < -0.4 is 0 Å². The largest absolute Gasteiger partial charge is 0.384 e. The molecule has 0 spiro atoms. The fourth-order valence-corrected chi connectivity index (χ4v) is 4.38. The van der Waals surface area contributed by atoms with Crippen LogP contribution in [0.1, 0.15) is 55.0 Å². The molecule has 0 saturated heterocycles. The molecule has 1 aliphatic carbocycles. The highest BCUT2D eigenvalue weighted by atomic mass is 79.9. The first-order chi connectivity index (χ1) is 9.22. The summed E-state index contributed by atoms with van der Waals surface area (Å²) in [6.45, 7) is 3.14. The lowest BCUT2D eigenvalue weighted by Crippen LogP contribution is -2.21. The van der Waals surface area contributed by atoms with Crippen molar-refractivity contribution >= 4 is 15.9 Å². The number of rotatable bonds is 6. The van der Waals surface area contributed by atoms with Gasteiger partial charge in [0.25, 0.3) is 0 Å². The molecule has 19 heavy (non-hydrogen) atoms. The summed E-state index contributed by atoms with van der Waals surface area (Å²) in [6, 6.07) is 9.09. The average molecular weight is 325 g/mol.